The number of nitrogens with zero attached hydrogens (tertiary/aromatic N) is 1. The molecule has 2 rings (SSSR count). The first kappa shape index (κ1) is 14.8. The fraction of sp³-hybridized carbons (Fsp3) is 0.0769. The maximum Gasteiger partial charge on any atom is 0.283 e. The van der Waals surface area contributed by atoms with Crippen molar-refractivity contribution in [2.45, 2.75) is 10.6 Å². The van der Waals surface area contributed by atoms with Crippen molar-refractivity contribution in [3.8, 4) is 0 Å². The highest BCUT2D eigenvalue weighted by molar-refractivity contribution is 9.10. The van der Waals surface area contributed by atoms with E-state index < -0.39 is 21.5 Å². The zero-order valence-corrected chi connectivity index (χ0v) is 12.5. The van der Waals surface area contributed by atoms with E-state index in [-0.39, 0.29) is 11.4 Å². The third-order valence-electron chi connectivity index (χ3n) is 2.60. The van der Waals surface area contributed by atoms with Gasteiger partial charge >= 0.3 is 0 Å². The second-order valence-corrected chi connectivity index (χ2v) is 6.20. The third-order valence-corrected chi connectivity index (χ3v) is 4.87. The summed E-state index contributed by atoms with van der Waals surface area (Å²) in [6.45, 7) is 0. The maximum atomic E-state index is 13.1. The molecule has 0 bridgehead atoms. The van der Waals surface area contributed by atoms with Gasteiger partial charge in [-0.3, -0.25) is 14.3 Å². The van der Waals surface area contributed by atoms with Crippen LogP contribution in [-0.4, -0.2) is 9.13 Å². The Morgan fingerprint density at radius 3 is 2.60 bits per heavy atom. The molecule has 0 saturated heterocycles. The first-order valence-corrected chi connectivity index (χ1v) is 7.66. The van der Waals surface area contributed by atoms with Crippen LogP contribution in [0.1, 0.15) is 5.56 Å². The van der Waals surface area contributed by atoms with Crippen molar-refractivity contribution < 1.29 is 13.5 Å². The Morgan fingerprint density at radius 1 is 1.25 bits per heavy atom. The maximum absolute atomic E-state index is 13.1. The Hall–Kier alpha value is -1.60. The van der Waals surface area contributed by atoms with E-state index in [0.29, 0.717) is 14.9 Å². The lowest BCUT2D eigenvalue weighted by molar-refractivity contribution is -0.385. The molecular weight excluding hydrogens is 349 g/mol. The predicted octanol–water partition coefficient (Wildman–Crippen LogP) is 3.80. The molecule has 1 unspecified atom stereocenters. The van der Waals surface area contributed by atoms with Gasteiger partial charge in [0.1, 0.15) is 5.82 Å². The van der Waals surface area contributed by atoms with E-state index in [1.165, 1.54) is 30.3 Å². The van der Waals surface area contributed by atoms with Crippen molar-refractivity contribution >= 4 is 32.4 Å². The molecule has 0 saturated carbocycles. The molecule has 0 radical (unpaired) electrons. The van der Waals surface area contributed by atoms with Crippen molar-refractivity contribution in [1.82, 2.24) is 0 Å². The highest BCUT2D eigenvalue weighted by atomic mass is 79.9. The van der Waals surface area contributed by atoms with Crippen LogP contribution in [-0.2, 0) is 16.6 Å². The number of halogens is 2. The number of nitro groups is 1. The van der Waals surface area contributed by atoms with Gasteiger partial charge in [-0.05, 0) is 39.7 Å². The Kier molecular flexibility index (Phi) is 4.61. The molecule has 20 heavy (non-hydrogen) atoms. The summed E-state index contributed by atoms with van der Waals surface area (Å²) in [7, 11) is -1.47. The van der Waals surface area contributed by atoms with Crippen molar-refractivity contribution in [1.29, 1.82) is 0 Å². The fourth-order valence-electron chi connectivity index (χ4n) is 1.65. The van der Waals surface area contributed by atoms with E-state index in [9.17, 15) is 18.7 Å². The first-order chi connectivity index (χ1) is 9.49. The van der Waals surface area contributed by atoms with E-state index >= 15 is 0 Å². The number of hydrogen-bond acceptors (Lipinski definition) is 3. The van der Waals surface area contributed by atoms with Gasteiger partial charge in [-0.15, -0.1) is 0 Å². The van der Waals surface area contributed by atoms with Gasteiger partial charge < -0.3 is 0 Å². The number of hydrogen-bond donors (Lipinski definition) is 0. The molecule has 0 aromatic heterocycles. The van der Waals surface area contributed by atoms with Gasteiger partial charge in [-0.2, -0.15) is 0 Å². The molecule has 2 aromatic rings. The average molecular weight is 358 g/mol. The van der Waals surface area contributed by atoms with E-state index in [4.69, 9.17) is 0 Å². The summed E-state index contributed by atoms with van der Waals surface area (Å²) < 4.78 is 25.5. The lowest BCUT2D eigenvalue weighted by atomic mass is 10.2. The number of rotatable bonds is 4. The van der Waals surface area contributed by atoms with E-state index in [1.807, 2.05) is 0 Å². The largest absolute Gasteiger partial charge is 0.283 e. The molecule has 0 spiro atoms. The normalized spacial score (nSPS) is 12.1. The van der Waals surface area contributed by atoms with E-state index in [1.54, 1.807) is 12.1 Å². The molecule has 0 aliphatic rings. The third kappa shape index (κ3) is 3.29. The summed E-state index contributed by atoms with van der Waals surface area (Å²) in [6, 6.07) is 10.0. The minimum atomic E-state index is -1.47. The zero-order valence-electron chi connectivity index (χ0n) is 10.1. The van der Waals surface area contributed by atoms with Gasteiger partial charge in [0.05, 0.1) is 25.9 Å². The average Bonchev–Trinajstić information content (AvgIpc) is 2.40. The SMILES string of the molecule is O=[N+]([O-])c1cccc(CS(=O)c2cccc(F)c2)c1Br. The van der Waals surface area contributed by atoms with E-state index in [2.05, 4.69) is 15.9 Å². The molecule has 0 aliphatic carbocycles. The van der Waals surface area contributed by atoms with Gasteiger partial charge in [-0.25, -0.2) is 4.39 Å². The van der Waals surface area contributed by atoms with Crippen LogP contribution in [0.3, 0.4) is 0 Å². The van der Waals surface area contributed by atoms with Gasteiger partial charge in [-0.1, -0.05) is 18.2 Å². The van der Waals surface area contributed by atoms with Crippen molar-refractivity contribution in [2.24, 2.45) is 0 Å². The van der Waals surface area contributed by atoms with Crippen LogP contribution in [0.25, 0.3) is 0 Å². The zero-order chi connectivity index (χ0) is 14.7. The minimum Gasteiger partial charge on any atom is -0.258 e. The Balaban J connectivity index is 2.29. The minimum absolute atomic E-state index is 0.0751. The highest BCUT2D eigenvalue weighted by Gasteiger charge is 2.17. The second kappa shape index (κ2) is 6.23. The molecule has 104 valence electrons. The van der Waals surface area contributed by atoms with Crippen LogP contribution in [0.2, 0.25) is 0 Å². The standard InChI is InChI=1S/C13H9BrFNO3S/c14-13-9(3-1-6-12(13)16(17)18)8-20(19)11-5-2-4-10(15)7-11/h1-7H,8H2. The van der Waals surface area contributed by atoms with Crippen molar-refractivity contribution in [3.63, 3.8) is 0 Å². The molecule has 1 atom stereocenters. The molecular formula is C13H9BrFNO3S. The predicted molar refractivity (Wildman–Crippen MR) is 77.3 cm³/mol. The lowest BCUT2D eigenvalue weighted by Crippen LogP contribution is -2.00. The summed E-state index contributed by atoms with van der Waals surface area (Å²) in [6.07, 6.45) is 0. The molecule has 0 aliphatic heterocycles. The van der Waals surface area contributed by atoms with Gasteiger partial charge in [0.2, 0.25) is 0 Å². The number of nitro benzene ring substituents is 1. The Morgan fingerprint density at radius 2 is 1.95 bits per heavy atom. The molecule has 7 heteroatoms. The highest BCUT2D eigenvalue weighted by Crippen LogP contribution is 2.29. The Bertz CT molecular complexity index is 693. The van der Waals surface area contributed by atoms with Crippen LogP contribution in [0.15, 0.2) is 51.8 Å². The molecule has 2 aromatic carbocycles. The van der Waals surface area contributed by atoms with Crippen LogP contribution in [0, 0.1) is 15.9 Å². The van der Waals surface area contributed by atoms with Crippen LogP contribution < -0.4 is 0 Å². The topological polar surface area (TPSA) is 60.2 Å². The van der Waals surface area contributed by atoms with Gasteiger partial charge in [0.25, 0.3) is 5.69 Å². The summed E-state index contributed by atoms with van der Waals surface area (Å²) in [5.41, 5.74) is 0.459. The fourth-order valence-corrected chi connectivity index (χ4v) is 3.55. The van der Waals surface area contributed by atoms with Crippen LogP contribution in [0.4, 0.5) is 10.1 Å². The van der Waals surface area contributed by atoms with Crippen molar-refractivity contribution in [3.05, 3.63) is 68.4 Å². The smallest absolute Gasteiger partial charge is 0.258 e. The molecule has 0 fully saturated rings. The number of benzene rings is 2. The molecule has 4 nitrogen and oxygen atoms in total. The summed E-state index contributed by atoms with van der Waals surface area (Å²) in [5, 5.41) is 10.8. The second-order valence-electron chi connectivity index (χ2n) is 3.95. The summed E-state index contributed by atoms with van der Waals surface area (Å²) >= 11 is 3.15. The van der Waals surface area contributed by atoms with Crippen LogP contribution in [0.5, 0.6) is 0 Å². The Labute approximate surface area is 125 Å². The van der Waals surface area contributed by atoms with Gasteiger partial charge in [0.15, 0.2) is 0 Å². The molecule has 0 heterocycles. The quantitative estimate of drug-likeness (QED) is 0.617. The monoisotopic (exact) mass is 357 g/mol. The summed E-state index contributed by atoms with van der Waals surface area (Å²) in [5.74, 6) is -0.389. The van der Waals surface area contributed by atoms with Crippen molar-refractivity contribution in [2.75, 3.05) is 0 Å². The van der Waals surface area contributed by atoms with Gasteiger partial charge in [0, 0.05) is 11.0 Å². The first-order valence-electron chi connectivity index (χ1n) is 5.55. The molecule has 0 N–H and O–H groups in total. The van der Waals surface area contributed by atoms with E-state index in [0.717, 1.165) is 0 Å². The summed E-state index contributed by atoms with van der Waals surface area (Å²) in [4.78, 5) is 10.7. The molecule has 0 amide bonds. The lowest BCUT2D eigenvalue weighted by Gasteiger charge is -2.05. The van der Waals surface area contributed by atoms with Crippen LogP contribution >= 0.6 is 15.9 Å².